The van der Waals surface area contributed by atoms with Crippen LogP contribution in [-0.2, 0) is 13.2 Å². The largest absolute Gasteiger partial charge is 0.488 e. The molecule has 5 heteroatoms. The Morgan fingerprint density at radius 2 is 1.79 bits per heavy atom. The summed E-state index contributed by atoms with van der Waals surface area (Å²) in [5, 5.41) is 0. The molecule has 0 bridgehead atoms. The van der Waals surface area contributed by atoms with Crippen LogP contribution >= 0.6 is 11.3 Å². The summed E-state index contributed by atoms with van der Waals surface area (Å²) < 4.78 is 5.85. The van der Waals surface area contributed by atoms with Gasteiger partial charge in [0.15, 0.2) is 0 Å². The van der Waals surface area contributed by atoms with Gasteiger partial charge in [0.25, 0.3) is 5.91 Å². The number of hydrogen-bond acceptors (Lipinski definition) is 4. The summed E-state index contributed by atoms with van der Waals surface area (Å²) in [6.07, 6.45) is 1.01. The van der Waals surface area contributed by atoms with E-state index < -0.39 is 0 Å². The molecular weight excluding hydrogens is 380 g/mol. The Bertz CT molecular complexity index is 1010. The molecule has 0 radical (unpaired) electrons. The number of thiophene rings is 1. The van der Waals surface area contributed by atoms with Crippen LogP contribution in [0.15, 0.2) is 60.7 Å². The van der Waals surface area contributed by atoms with Crippen molar-refractivity contribution in [1.29, 1.82) is 0 Å². The number of carbonyl (C=O) groups is 1. The summed E-state index contributed by atoms with van der Waals surface area (Å²) in [6.45, 7) is 5.03. The first-order chi connectivity index (χ1) is 14.3. The van der Waals surface area contributed by atoms with Gasteiger partial charge in [0.2, 0.25) is 0 Å². The summed E-state index contributed by atoms with van der Waals surface area (Å²) in [6, 6.07) is 20.7. The second kappa shape index (κ2) is 8.01. The molecule has 3 heterocycles. The van der Waals surface area contributed by atoms with Crippen LogP contribution in [0.25, 0.3) is 10.4 Å². The van der Waals surface area contributed by atoms with E-state index in [2.05, 4.69) is 41.3 Å². The Kier molecular flexibility index (Phi) is 5.08. The zero-order valence-electron chi connectivity index (χ0n) is 16.3. The molecule has 5 rings (SSSR count). The summed E-state index contributed by atoms with van der Waals surface area (Å²) in [5.41, 5.74) is 3.55. The number of nitrogens with zero attached hydrogens (tertiary/aromatic N) is 2. The molecule has 1 fully saturated rings. The number of amides is 1. The number of carbonyl (C=O) groups excluding carboxylic acids is 1. The fourth-order valence-electron chi connectivity index (χ4n) is 4.13. The third kappa shape index (κ3) is 3.80. The maximum atomic E-state index is 13.2. The van der Waals surface area contributed by atoms with Gasteiger partial charge in [0.05, 0.1) is 4.88 Å². The molecule has 2 aliphatic rings. The average Bonchev–Trinajstić information content (AvgIpc) is 3.08. The first-order valence-electron chi connectivity index (χ1n) is 10.2. The van der Waals surface area contributed by atoms with Crippen LogP contribution in [0.4, 0.5) is 0 Å². The van der Waals surface area contributed by atoms with Gasteiger partial charge in [-0.25, -0.2) is 0 Å². The number of para-hydroxylation sites is 1. The van der Waals surface area contributed by atoms with E-state index in [0.717, 1.165) is 60.9 Å². The van der Waals surface area contributed by atoms with Crippen molar-refractivity contribution < 1.29 is 9.53 Å². The molecule has 2 aliphatic heterocycles. The van der Waals surface area contributed by atoms with Gasteiger partial charge in [0.1, 0.15) is 12.4 Å². The Morgan fingerprint density at radius 1 is 0.966 bits per heavy atom. The van der Waals surface area contributed by atoms with Gasteiger partial charge < -0.3 is 9.64 Å². The van der Waals surface area contributed by atoms with Crippen molar-refractivity contribution in [2.24, 2.45) is 0 Å². The third-order valence-corrected chi connectivity index (χ3v) is 6.86. The predicted octanol–water partition coefficient (Wildman–Crippen LogP) is 4.66. The van der Waals surface area contributed by atoms with Crippen LogP contribution < -0.4 is 4.74 Å². The van der Waals surface area contributed by atoms with E-state index in [1.165, 1.54) is 10.4 Å². The van der Waals surface area contributed by atoms with Gasteiger partial charge in [-0.15, -0.1) is 11.3 Å². The lowest BCUT2D eigenvalue weighted by Gasteiger charge is -2.21. The fourth-order valence-corrected chi connectivity index (χ4v) is 5.30. The number of hydrogen-bond donors (Lipinski definition) is 0. The minimum atomic E-state index is 0.156. The SMILES string of the molecule is O=C(c1cc2c(s1)-c1ccccc1OC2)N1CCCN(Cc2ccccc2)CC1. The van der Waals surface area contributed by atoms with Crippen molar-refractivity contribution in [3.63, 3.8) is 0 Å². The molecule has 1 saturated heterocycles. The third-order valence-electron chi connectivity index (χ3n) is 5.66. The lowest BCUT2D eigenvalue weighted by molar-refractivity contribution is 0.0766. The number of rotatable bonds is 3. The molecule has 0 atom stereocenters. The first kappa shape index (κ1) is 18.4. The standard InChI is InChI=1S/C24H24N2O2S/c27-24(22-15-19-17-28-21-10-5-4-9-20(21)23(19)29-22)26-12-6-11-25(13-14-26)16-18-7-2-1-3-8-18/h1-5,7-10,15H,6,11-14,16-17H2. The second-order valence-electron chi connectivity index (χ2n) is 7.66. The van der Waals surface area contributed by atoms with Crippen LogP contribution in [0, 0.1) is 0 Å². The van der Waals surface area contributed by atoms with Gasteiger partial charge in [0, 0.05) is 48.7 Å². The molecule has 148 valence electrons. The monoisotopic (exact) mass is 404 g/mol. The highest BCUT2D eigenvalue weighted by atomic mass is 32.1. The molecule has 0 saturated carbocycles. The normalized spacial score (nSPS) is 16.5. The Morgan fingerprint density at radius 3 is 2.69 bits per heavy atom. The summed E-state index contributed by atoms with van der Waals surface area (Å²) >= 11 is 1.61. The lowest BCUT2D eigenvalue weighted by atomic mass is 10.1. The molecule has 29 heavy (non-hydrogen) atoms. The molecule has 4 nitrogen and oxygen atoms in total. The van der Waals surface area contributed by atoms with Crippen molar-refractivity contribution in [1.82, 2.24) is 9.80 Å². The van der Waals surface area contributed by atoms with Gasteiger partial charge in [-0.3, -0.25) is 9.69 Å². The van der Waals surface area contributed by atoms with E-state index in [-0.39, 0.29) is 5.91 Å². The van der Waals surface area contributed by atoms with Crippen LogP contribution in [-0.4, -0.2) is 41.9 Å². The summed E-state index contributed by atoms with van der Waals surface area (Å²) in [5.74, 6) is 1.07. The van der Waals surface area contributed by atoms with E-state index in [4.69, 9.17) is 4.74 Å². The van der Waals surface area contributed by atoms with Gasteiger partial charge in [-0.2, -0.15) is 0 Å². The summed E-state index contributed by atoms with van der Waals surface area (Å²) in [4.78, 5) is 19.7. The van der Waals surface area contributed by atoms with E-state index in [1.54, 1.807) is 11.3 Å². The van der Waals surface area contributed by atoms with E-state index in [1.807, 2.05) is 29.2 Å². The zero-order valence-corrected chi connectivity index (χ0v) is 17.2. The highest BCUT2D eigenvalue weighted by Gasteiger charge is 2.26. The van der Waals surface area contributed by atoms with Crippen LogP contribution in [0.1, 0.15) is 27.2 Å². The summed E-state index contributed by atoms with van der Waals surface area (Å²) in [7, 11) is 0. The van der Waals surface area contributed by atoms with Gasteiger partial charge in [-0.05, 0) is 30.2 Å². The van der Waals surface area contributed by atoms with E-state index in [0.29, 0.717) is 6.61 Å². The number of benzene rings is 2. The van der Waals surface area contributed by atoms with Crippen molar-refractivity contribution in [3.05, 3.63) is 76.7 Å². The first-order valence-corrected chi connectivity index (χ1v) is 11.0. The van der Waals surface area contributed by atoms with Crippen LogP contribution in [0.3, 0.4) is 0 Å². The Balaban J connectivity index is 1.29. The molecule has 0 aliphatic carbocycles. The van der Waals surface area contributed by atoms with Crippen LogP contribution in [0.5, 0.6) is 5.75 Å². The Hall–Kier alpha value is -2.63. The molecule has 1 aromatic heterocycles. The van der Waals surface area contributed by atoms with Gasteiger partial charge >= 0.3 is 0 Å². The van der Waals surface area contributed by atoms with Crippen LogP contribution in [0.2, 0.25) is 0 Å². The number of fused-ring (bicyclic) bond motifs is 3. The molecular formula is C24H24N2O2S. The maximum Gasteiger partial charge on any atom is 0.263 e. The molecule has 0 unspecified atom stereocenters. The van der Waals surface area contributed by atoms with E-state index in [9.17, 15) is 4.79 Å². The molecule has 0 spiro atoms. The van der Waals surface area contributed by atoms with Crippen molar-refractivity contribution in [2.75, 3.05) is 26.2 Å². The van der Waals surface area contributed by atoms with Crippen molar-refractivity contribution in [2.45, 2.75) is 19.6 Å². The minimum Gasteiger partial charge on any atom is -0.488 e. The predicted molar refractivity (Wildman–Crippen MR) is 116 cm³/mol. The lowest BCUT2D eigenvalue weighted by Crippen LogP contribution is -2.34. The maximum absolute atomic E-state index is 13.2. The van der Waals surface area contributed by atoms with Crippen molar-refractivity contribution in [3.8, 4) is 16.2 Å². The zero-order chi connectivity index (χ0) is 19.6. The molecule has 2 aromatic carbocycles. The quantitative estimate of drug-likeness (QED) is 0.637. The van der Waals surface area contributed by atoms with Crippen molar-refractivity contribution >= 4 is 17.2 Å². The molecule has 0 N–H and O–H groups in total. The highest BCUT2D eigenvalue weighted by molar-refractivity contribution is 7.17. The van der Waals surface area contributed by atoms with E-state index >= 15 is 0 Å². The second-order valence-corrected chi connectivity index (χ2v) is 8.71. The van der Waals surface area contributed by atoms with Gasteiger partial charge in [-0.1, -0.05) is 42.5 Å². The topological polar surface area (TPSA) is 32.8 Å². The number of ether oxygens (including phenoxy) is 1. The smallest absolute Gasteiger partial charge is 0.263 e. The molecule has 1 amide bonds. The molecule has 3 aromatic rings. The highest BCUT2D eigenvalue weighted by Crippen LogP contribution is 2.42. The fraction of sp³-hybridized carbons (Fsp3) is 0.292. The average molecular weight is 405 g/mol. The minimum absolute atomic E-state index is 0.156. The Labute approximate surface area is 175 Å².